The lowest BCUT2D eigenvalue weighted by atomic mass is 9.89. The van der Waals surface area contributed by atoms with E-state index in [1.165, 1.54) is 6.26 Å². The monoisotopic (exact) mass is 297 g/mol. The third-order valence-corrected chi connectivity index (χ3v) is 3.88. The van der Waals surface area contributed by atoms with Gasteiger partial charge in [0.15, 0.2) is 5.69 Å². The largest absolute Gasteiger partial charge is 0.373 e. The molecule has 1 saturated heterocycles. The number of nitrogens with zero attached hydrogens (tertiary/aromatic N) is 3. The molecule has 0 spiro atoms. The summed E-state index contributed by atoms with van der Waals surface area (Å²) in [5.41, 5.74) is 1.70. The van der Waals surface area contributed by atoms with Crippen LogP contribution < -0.4 is 0 Å². The van der Waals surface area contributed by atoms with E-state index >= 15 is 0 Å². The number of hydrogen-bond donors (Lipinski definition) is 0. The maximum absolute atomic E-state index is 5.97. The van der Waals surface area contributed by atoms with Crippen LogP contribution in [0.15, 0.2) is 51.7 Å². The Morgan fingerprint density at radius 3 is 2.77 bits per heavy atom. The molecule has 6 nitrogen and oxygen atoms in total. The first-order valence-corrected chi connectivity index (χ1v) is 7.33. The smallest absolute Gasteiger partial charge is 0.233 e. The summed E-state index contributed by atoms with van der Waals surface area (Å²) in [6.07, 6.45) is 3.37. The minimum absolute atomic E-state index is 0.0550. The summed E-state index contributed by atoms with van der Waals surface area (Å²) in [5.74, 6) is 1.09. The molecule has 3 heterocycles. The van der Waals surface area contributed by atoms with Gasteiger partial charge in [0.05, 0.1) is 12.0 Å². The Morgan fingerprint density at radius 2 is 1.95 bits per heavy atom. The lowest BCUT2D eigenvalue weighted by Crippen LogP contribution is -2.21. The molecular formula is C16H15N3O3. The second kappa shape index (κ2) is 5.73. The van der Waals surface area contributed by atoms with Gasteiger partial charge < -0.3 is 13.8 Å². The van der Waals surface area contributed by atoms with Gasteiger partial charge in [-0.2, -0.15) is 4.98 Å². The fourth-order valence-corrected chi connectivity index (χ4v) is 2.82. The van der Waals surface area contributed by atoms with Gasteiger partial charge in [0.25, 0.3) is 0 Å². The summed E-state index contributed by atoms with van der Waals surface area (Å²) < 4.78 is 16.2. The zero-order valence-electron chi connectivity index (χ0n) is 11.9. The van der Waals surface area contributed by atoms with Crippen molar-refractivity contribution >= 4 is 0 Å². The zero-order valence-corrected chi connectivity index (χ0v) is 11.9. The van der Waals surface area contributed by atoms with Gasteiger partial charge in [-0.05, 0) is 18.4 Å². The molecule has 1 aliphatic rings. The van der Waals surface area contributed by atoms with E-state index in [0.717, 1.165) is 25.0 Å². The molecule has 2 atom stereocenters. The van der Waals surface area contributed by atoms with Crippen molar-refractivity contribution in [2.24, 2.45) is 0 Å². The van der Waals surface area contributed by atoms with Gasteiger partial charge in [0, 0.05) is 12.7 Å². The molecule has 112 valence electrons. The second-order valence-corrected chi connectivity index (χ2v) is 5.29. The molecule has 0 unspecified atom stereocenters. The van der Waals surface area contributed by atoms with E-state index in [4.69, 9.17) is 13.8 Å². The van der Waals surface area contributed by atoms with E-state index in [0.29, 0.717) is 17.4 Å². The predicted molar refractivity (Wildman–Crippen MR) is 76.9 cm³/mol. The van der Waals surface area contributed by atoms with Crippen LogP contribution in [0.3, 0.4) is 0 Å². The summed E-state index contributed by atoms with van der Waals surface area (Å²) in [6, 6.07) is 11.9. The summed E-state index contributed by atoms with van der Waals surface area (Å²) in [4.78, 5) is 4.47. The van der Waals surface area contributed by atoms with Gasteiger partial charge in [-0.15, -0.1) is 0 Å². The third-order valence-electron chi connectivity index (χ3n) is 3.88. The fraction of sp³-hybridized carbons (Fsp3) is 0.312. The standard InChI is InChI=1S/C16H15N3O3/c1-2-5-11(6-3-1)14-12(7-4-9-20-14)16-17-15(19-22-16)13-8-10-21-18-13/h1-3,5-6,8,10,12,14H,4,7,9H2/t12-,14+/m0/s1. The quantitative estimate of drug-likeness (QED) is 0.738. The Morgan fingerprint density at radius 1 is 1.05 bits per heavy atom. The fourth-order valence-electron chi connectivity index (χ4n) is 2.82. The van der Waals surface area contributed by atoms with Crippen molar-refractivity contribution < 1.29 is 13.8 Å². The van der Waals surface area contributed by atoms with Gasteiger partial charge >= 0.3 is 0 Å². The first-order valence-electron chi connectivity index (χ1n) is 7.33. The van der Waals surface area contributed by atoms with Crippen LogP contribution in [0.4, 0.5) is 0 Å². The van der Waals surface area contributed by atoms with Crippen LogP contribution >= 0.6 is 0 Å². The first kappa shape index (κ1) is 13.2. The molecule has 0 aliphatic carbocycles. The van der Waals surface area contributed by atoms with Crippen LogP contribution in [0.5, 0.6) is 0 Å². The third kappa shape index (κ3) is 2.42. The van der Waals surface area contributed by atoms with E-state index < -0.39 is 0 Å². The Labute approximate surface area is 127 Å². The molecule has 1 aliphatic heterocycles. The number of hydrogen-bond acceptors (Lipinski definition) is 6. The predicted octanol–water partition coefficient (Wildman–Crippen LogP) is 3.36. The summed E-state index contributed by atoms with van der Waals surface area (Å²) >= 11 is 0. The molecule has 0 N–H and O–H groups in total. The van der Waals surface area contributed by atoms with Gasteiger partial charge in [-0.3, -0.25) is 0 Å². The highest BCUT2D eigenvalue weighted by molar-refractivity contribution is 5.46. The highest BCUT2D eigenvalue weighted by Gasteiger charge is 2.33. The Hall–Kier alpha value is -2.47. The zero-order chi connectivity index (χ0) is 14.8. The molecule has 0 bridgehead atoms. The molecule has 1 aromatic carbocycles. The van der Waals surface area contributed by atoms with Crippen molar-refractivity contribution in [3.8, 4) is 11.5 Å². The Balaban J connectivity index is 1.65. The highest BCUT2D eigenvalue weighted by atomic mass is 16.5. The van der Waals surface area contributed by atoms with Crippen LogP contribution in [0.2, 0.25) is 0 Å². The normalized spacial score (nSPS) is 21.8. The van der Waals surface area contributed by atoms with Crippen LogP contribution in [-0.4, -0.2) is 21.9 Å². The lowest BCUT2D eigenvalue weighted by Gasteiger charge is -2.29. The van der Waals surface area contributed by atoms with E-state index in [1.54, 1.807) is 6.07 Å². The summed E-state index contributed by atoms with van der Waals surface area (Å²) in [7, 11) is 0. The van der Waals surface area contributed by atoms with Gasteiger partial charge in [0.1, 0.15) is 6.26 Å². The van der Waals surface area contributed by atoms with Crippen molar-refractivity contribution in [3.05, 3.63) is 54.1 Å². The highest BCUT2D eigenvalue weighted by Crippen LogP contribution is 2.40. The molecule has 0 radical (unpaired) electrons. The van der Waals surface area contributed by atoms with E-state index in [2.05, 4.69) is 27.4 Å². The summed E-state index contributed by atoms with van der Waals surface area (Å²) in [5, 5.41) is 7.83. The lowest BCUT2D eigenvalue weighted by molar-refractivity contribution is -0.0103. The van der Waals surface area contributed by atoms with Crippen LogP contribution in [0.1, 0.15) is 36.3 Å². The maximum Gasteiger partial charge on any atom is 0.233 e. The number of ether oxygens (including phenoxy) is 1. The average molecular weight is 297 g/mol. The Bertz CT molecular complexity index is 724. The molecule has 22 heavy (non-hydrogen) atoms. The van der Waals surface area contributed by atoms with Crippen LogP contribution in [0, 0.1) is 0 Å². The van der Waals surface area contributed by atoms with Crippen molar-refractivity contribution in [1.82, 2.24) is 15.3 Å². The molecule has 0 amide bonds. The Kier molecular flexibility index (Phi) is 3.44. The van der Waals surface area contributed by atoms with Crippen LogP contribution in [0.25, 0.3) is 11.5 Å². The van der Waals surface area contributed by atoms with E-state index in [9.17, 15) is 0 Å². The number of benzene rings is 1. The second-order valence-electron chi connectivity index (χ2n) is 5.29. The molecule has 4 rings (SSSR count). The minimum Gasteiger partial charge on any atom is -0.373 e. The van der Waals surface area contributed by atoms with E-state index in [1.807, 2.05) is 18.2 Å². The molecule has 1 fully saturated rings. The van der Waals surface area contributed by atoms with Crippen molar-refractivity contribution in [1.29, 1.82) is 0 Å². The van der Waals surface area contributed by atoms with Gasteiger partial charge in [-0.1, -0.05) is 40.6 Å². The SMILES string of the molecule is c1ccc([C@H]2OCCC[C@@H]2c2nc(-c3ccon3)no2)cc1. The number of rotatable bonds is 3. The van der Waals surface area contributed by atoms with Gasteiger partial charge in [-0.25, -0.2) is 0 Å². The first-order chi connectivity index (χ1) is 10.9. The minimum atomic E-state index is -0.0550. The maximum atomic E-state index is 5.97. The molecular weight excluding hydrogens is 282 g/mol. The van der Waals surface area contributed by atoms with Crippen molar-refractivity contribution in [3.63, 3.8) is 0 Å². The summed E-state index contributed by atoms with van der Waals surface area (Å²) in [6.45, 7) is 0.750. The van der Waals surface area contributed by atoms with Crippen molar-refractivity contribution in [2.45, 2.75) is 24.9 Å². The topological polar surface area (TPSA) is 74.2 Å². The molecule has 3 aromatic rings. The molecule has 0 saturated carbocycles. The van der Waals surface area contributed by atoms with Crippen LogP contribution in [-0.2, 0) is 4.74 Å². The van der Waals surface area contributed by atoms with E-state index in [-0.39, 0.29) is 12.0 Å². The average Bonchev–Trinajstić information content (AvgIpc) is 3.27. The molecule has 2 aromatic heterocycles. The number of aromatic nitrogens is 3. The molecule has 6 heteroatoms. The van der Waals surface area contributed by atoms with Crippen molar-refractivity contribution in [2.75, 3.05) is 6.61 Å². The van der Waals surface area contributed by atoms with Gasteiger partial charge in [0.2, 0.25) is 11.7 Å².